The van der Waals surface area contributed by atoms with Gasteiger partial charge in [-0.15, -0.1) is 0 Å². The summed E-state index contributed by atoms with van der Waals surface area (Å²) in [5.41, 5.74) is 1.02. The highest BCUT2D eigenvalue weighted by Gasteiger charge is 2.48. The Morgan fingerprint density at radius 3 is 3.07 bits per heavy atom. The van der Waals surface area contributed by atoms with Gasteiger partial charge in [0.25, 0.3) is 0 Å². The van der Waals surface area contributed by atoms with E-state index in [1.807, 2.05) is 17.9 Å². The first kappa shape index (κ1) is 9.33. The van der Waals surface area contributed by atoms with Crippen molar-refractivity contribution in [1.82, 2.24) is 20.4 Å². The zero-order chi connectivity index (χ0) is 10.3. The van der Waals surface area contributed by atoms with Gasteiger partial charge in [0.05, 0.1) is 18.3 Å². The van der Waals surface area contributed by atoms with Crippen LogP contribution in [0.5, 0.6) is 0 Å². The van der Waals surface area contributed by atoms with E-state index in [1.165, 1.54) is 0 Å². The van der Waals surface area contributed by atoms with Gasteiger partial charge in [0.15, 0.2) is 0 Å². The predicted molar refractivity (Wildman–Crippen MR) is 55.5 cm³/mol. The molecular weight excluding hydrogens is 192 g/mol. The number of aromatic nitrogens is 2. The molecule has 2 fully saturated rings. The van der Waals surface area contributed by atoms with E-state index in [4.69, 9.17) is 4.74 Å². The Kier molecular flexibility index (Phi) is 2.05. The summed E-state index contributed by atoms with van der Waals surface area (Å²) in [5, 5.41) is 11.2. The Morgan fingerprint density at radius 2 is 2.47 bits per heavy atom. The van der Waals surface area contributed by atoms with E-state index in [1.54, 1.807) is 0 Å². The third-order valence-corrected chi connectivity index (χ3v) is 3.24. The number of nitrogens with one attached hydrogen (secondary N) is 2. The van der Waals surface area contributed by atoms with Gasteiger partial charge in [0, 0.05) is 32.9 Å². The van der Waals surface area contributed by atoms with Crippen LogP contribution in [-0.4, -0.2) is 41.6 Å². The van der Waals surface area contributed by atoms with Gasteiger partial charge in [-0.1, -0.05) is 0 Å². The first-order chi connectivity index (χ1) is 7.30. The second-order valence-corrected chi connectivity index (χ2v) is 4.32. The van der Waals surface area contributed by atoms with Gasteiger partial charge in [-0.3, -0.25) is 4.68 Å². The second-order valence-electron chi connectivity index (χ2n) is 4.32. The Morgan fingerprint density at radius 1 is 1.60 bits per heavy atom. The van der Waals surface area contributed by atoms with Crippen LogP contribution in [0.2, 0.25) is 0 Å². The molecule has 2 saturated heterocycles. The Labute approximate surface area is 88.8 Å². The third-order valence-electron chi connectivity index (χ3n) is 3.24. The third kappa shape index (κ3) is 1.39. The average Bonchev–Trinajstić information content (AvgIpc) is 2.62. The molecular formula is C10H16N4O. The number of hydrogen-bond donors (Lipinski definition) is 2. The molecule has 0 radical (unpaired) electrons. The van der Waals surface area contributed by atoms with E-state index in [2.05, 4.69) is 21.8 Å². The van der Waals surface area contributed by atoms with Crippen LogP contribution in [0.4, 0.5) is 0 Å². The van der Waals surface area contributed by atoms with E-state index >= 15 is 0 Å². The Bertz CT molecular complexity index is 358. The molecule has 82 valence electrons. The van der Waals surface area contributed by atoms with Crippen molar-refractivity contribution in [2.24, 2.45) is 7.05 Å². The maximum absolute atomic E-state index is 5.90. The molecule has 5 heteroatoms. The normalized spacial score (nSPS) is 29.0. The van der Waals surface area contributed by atoms with Crippen molar-refractivity contribution >= 4 is 0 Å². The van der Waals surface area contributed by atoms with Gasteiger partial charge < -0.3 is 15.4 Å². The van der Waals surface area contributed by atoms with Crippen molar-refractivity contribution in [2.75, 3.05) is 26.2 Å². The van der Waals surface area contributed by atoms with Gasteiger partial charge in [0.1, 0.15) is 5.60 Å². The Hall–Kier alpha value is -0.910. The number of rotatable bonds is 1. The fourth-order valence-corrected chi connectivity index (χ4v) is 2.37. The standard InChI is InChI=1S/C10H16N4O/c1-14-4-2-8(13-14)9-10(6-11-7-10)15-5-3-12-9/h2,4,9,11-12H,3,5-7H2,1H3. The summed E-state index contributed by atoms with van der Waals surface area (Å²) in [6.45, 7) is 3.54. The van der Waals surface area contributed by atoms with Crippen molar-refractivity contribution in [3.8, 4) is 0 Å². The van der Waals surface area contributed by atoms with E-state index in [9.17, 15) is 0 Å². The van der Waals surface area contributed by atoms with Crippen LogP contribution in [0.15, 0.2) is 12.3 Å². The Balaban J connectivity index is 1.89. The highest BCUT2D eigenvalue weighted by molar-refractivity contribution is 5.17. The second kappa shape index (κ2) is 3.30. The minimum Gasteiger partial charge on any atom is -0.369 e. The van der Waals surface area contributed by atoms with Crippen molar-refractivity contribution in [3.05, 3.63) is 18.0 Å². The molecule has 0 aliphatic carbocycles. The van der Waals surface area contributed by atoms with Crippen LogP contribution >= 0.6 is 0 Å². The van der Waals surface area contributed by atoms with Crippen molar-refractivity contribution in [1.29, 1.82) is 0 Å². The maximum atomic E-state index is 5.90. The highest BCUT2D eigenvalue weighted by Crippen LogP contribution is 2.33. The van der Waals surface area contributed by atoms with Crippen LogP contribution in [0.25, 0.3) is 0 Å². The number of aryl methyl sites for hydroxylation is 1. The lowest BCUT2D eigenvalue weighted by Gasteiger charge is -2.50. The van der Waals surface area contributed by atoms with Gasteiger partial charge in [-0.25, -0.2) is 0 Å². The molecule has 3 rings (SSSR count). The summed E-state index contributed by atoms with van der Waals surface area (Å²) < 4.78 is 7.74. The van der Waals surface area contributed by atoms with Gasteiger partial charge in [0.2, 0.25) is 0 Å². The first-order valence-corrected chi connectivity index (χ1v) is 5.38. The maximum Gasteiger partial charge on any atom is 0.114 e. The first-order valence-electron chi connectivity index (χ1n) is 5.38. The van der Waals surface area contributed by atoms with Crippen molar-refractivity contribution in [3.63, 3.8) is 0 Å². The fraction of sp³-hybridized carbons (Fsp3) is 0.700. The lowest BCUT2D eigenvalue weighted by molar-refractivity contribution is -0.129. The van der Waals surface area contributed by atoms with E-state index < -0.39 is 0 Å². The lowest BCUT2D eigenvalue weighted by Crippen LogP contribution is -2.69. The van der Waals surface area contributed by atoms with E-state index in [0.717, 1.165) is 31.9 Å². The minimum atomic E-state index is -0.0629. The number of morpholine rings is 1. The average molecular weight is 208 g/mol. The van der Waals surface area contributed by atoms with E-state index in [-0.39, 0.29) is 11.6 Å². The van der Waals surface area contributed by atoms with Crippen LogP contribution in [0.1, 0.15) is 11.7 Å². The molecule has 3 heterocycles. The van der Waals surface area contributed by atoms with Crippen LogP contribution in [0, 0.1) is 0 Å². The topological polar surface area (TPSA) is 51.1 Å². The number of hydrogen-bond acceptors (Lipinski definition) is 4. The molecule has 0 bridgehead atoms. The minimum absolute atomic E-state index is 0.0629. The molecule has 0 aromatic carbocycles. The molecule has 1 spiro atoms. The summed E-state index contributed by atoms with van der Waals surface area (Å²) >= 11 is 0. The molecule has 2 aliphatic heterocycles. The SMILES string of the molecule is Cn1ccc(C2NCCOC23CNC3)n1. The molecule has 0 saturated carbocycles. The predicted octanol–water partition coefficient (Wildman–Crippen LogP) is -0.577. The number of ether oxygens (including phenoxy) is 1. The highest BCUT2D eigenvalue weighted by atomic mass is 16.5. The summed E-state index contributed by atoms with van der Waals surface area (Å²) in [5.74, 6) is 0. The number of nitrogens with zero attached hydrogens (tertiary/aromatic N) is 2. The monoisotopic (exact) mass is 208 g/mol. The largest absolute Gasteiger partial charge is 0.369 e. The summed E-state index contributed by atoms with van der Waals surface area (Å²) in [4.78, 5) is 0. The molecule has 1 aromatic heterocycles. The lowest BCUT2D eigenvalue weighted by atomic mass is 9.84. The summed E-state index contributed by atoms with van der Waals surface area (Å²) in [6.07, 6.45) is 1.98. The molecule has 2 aliphatic rings. The quantitative estimate of drug-likeness (QED) is 0.648. The molecule has 1 aromatic rings. The molecule has 2 N–H and O–H groups in total. The van der Waals surface area contributed by atoms with Gasteiger partial charge in [-0.2, -0.15) is 5.10 Å². The molecule has 0 amide bonds. The van der Waals surface area contributed by atoms with Crippen LogP contribution in [-0.2, 0) is 11.8 Å². The molecule has 1 atom stereocenters. The smallest absolute Gasteiger partial charge is 0.114 e. The fourth-order valence-electron chi connectivity index (χ4n) is 2.37. The van der Waals surface area contributed by atoms with Crippen LogP contribution < -0.4 is 10.6 Å². The van der Waals surface area contributed by atoms with Crippen molar-refractivity contribution in [2.45, 2.75) is 11.6 Å². The summed E-state index contributed by atoms with van der Waals surface area (Å²) in [6, 6.07) is 2.29. The van der Waals surface area contributed by atoms with Crippen molar-refractivity contribution < 1.29 is 4.74 Å². The van der Waals surface area contributed by atoms with Crippen LogP contribution in [0.3, 0.4) is 0 Å². The zero-order valence-electron chi connectivity index (χ0n) is 8.86. The molecule has 5 nitrogen and oxygen atoms in total. The van der Waals surface area contributed by atoms with E-state index in [0.29, 0.717) is 0 Å². The summed E-state index contributed by atoms with van der Waals surface area (Å²) in [7, 11) is 1.94. The molecule has 1 unspecified atom stereocenters. The molecule has 15 heavy (non-hydrogen) atoms. The van der Waals surface area contributed by atoms with Gasteiger partial charge >= 0.3 is 0 Å². The van der Waals surface area contributed by atoms with Gasteiger partial charge in [-0.05, 0) is 6.07 Å². The zero-order valence-corrected chi connectivity index (χ0v) is 8.86.